The Bertz CT molecular complexity index is 621. The maximum absolute atomic E-state index is 10.1. The molecule has 0 amide bonds. The van der Waals surface area contributed by atoms with Crippen molar-refractivity contribution < 1.29 is 10.2 Å². The average Bonchev–Trinajstić information content (AvgIpc) is 2.42. The van der Waals surface area contributed by atoms with E-state index in [4.69, 9.17) is 0 Å². The smallest absolute Gasteiger partial charge is 0.121 e. The second kappa shape index (κ2) is 6.48. The zero-order chi connectivity index (χ0) is 14.7. The minimum Gasteiger partial charge on any atom is -0.508 e. The molecule has 0 radical (unpaired) electrons. The van der Waals surface area contributed by atoms with Gasteiger partial charge in [0.05, 0.1) is 0 Å². The fourth-order valence-electron chi connectivity index (χ4n) is 2.32. The van der Waals surface area contributed by atoms with Gasteiger partial charge in [-0.2, -0.15) is 0 Å². The molecule has 0 atom stereocenters. The third kappa shape index (κ3) is 3.45. The molecule has 0 unspecified atom stereocenters. The molecule has 0 aliphatic rings. The molecular weight excluding hydrogens is 363 g/mol. The van der Waals surface area contributed by atoms with Gasteiger partial charge in [-0.15, -0.1) is 0 Å². The molecule has 2 aromatic rings. The minimum atomic E-state index is 0.337. The van der Waals surface area contributed by atoms with Crippen LogP contribution in [0, 0.1) is 10.5 Å². The maximum Gasteiger partial charge on any atom is 0.121 e. The van der Waals surface area contributed by atoms with E-state index in [1.54, 1.807) is 6.07 Å². The molecule has 3 heteroatoms. The fourth-order valence-corrected chi connectivity index (χ4v) is 3.17. The molecule has 0 aliphatic heterocycles. The lowest BCUT2D eigenvalue weighted by molar-refractivity contribution is 0.459. The van der Waals surface area contributed by atoms with Gasteiger partial charge < -0.3 is 10.2 Å². The molecule has 0 spiro atoms. The van der Waals surface area contributed by atoms with Gasteiger partial charge in [-0.25, -0.2) is 0 Å². The van der Waals surface area contributed by atoms with Crippen LogP contribution in [0.5, 0.6) is 11.5 Å². The van der Waals surface area contributed by atoms with Crippen molar-refractivity contribution in [1.82, 2.24) is 0 Å². The van der Waals surface area contributed by atoms with Crippen molar-refractivity contribution in [2.24, 2.45) is 0 Å². The first-order valence-corrected chi connectivity index (χ1v) is 7.88. The largest absolute Gasteiger partial charge is 0.508 e. The van der Waals surface area contributed by atoms with Crippen LogP contribution in [0.3, 0.4) is 0 Å². The molecule has 0 saturated heterocycles. The predicted molar refractivity (Wildman–Crippen MR) is 90.5 cm³/mol. The first kappa shape index (κ1) is 15.2. The van der Waals surface area contributed by atoms with E-state index in [1.165, 1.54) is 5.56 Å². The molecule has 0 fully saturated rings. The van der Waals surface area contributed by atoms with E-state index in [2.05, 4.69) is 29.5 Å². The van der Waals surface area contributed by atoms with Crippen molar-refractivity contribution in [2.75, 3.05) is 0 Å². The SMILES string of the molecule is CCc1ccc(O)c(CCc2cc(I)cc(C)c2O)c1. The summed E-state index contributed by atoms with van der Waals surface area (Å²) >= 11 is 2.26. The van der Waals surface area contributed by atoms with E-state index in [1.807, 2.05) is 31.2 Å². The van der Waals surface area contributed by atoms with Crippen molar-refractivity contribution in [1.29, 1.82) is 0 Å². The summed E-state index contributed by atoms with van der Waals surface area (Å²) in [4.78, 5) is 0. The van der Waals surface area contributed by atoms with Crippen LogP contribution in [-0.4, -0.2) is 10.2 Å². The van der Waals surface area contributed by atoms with Gasteiger partial charge in [-0.3, -0.25) is 0 Å². The van der Waals surface area contributed by atoms with E-state index in [9.17, 15) is 10.2 Å². The molecule has 0 bridgehead atoms. The number of phenols is 2. The molecule has 2 rings (SSSR count). The Hall–Kier alpha value is -1.23. The van der Waals surface area contributed by atoms with Crippen LogP contribution in [0.15, 0.2) is 30.3 Å². The molecule has 20 heavy (non-hydrogen) atoms. The summed E-state index contributed by atoms with van der Waals surface area (Å²) in [6.07, 6.45) is 2.41. The highest BCUT2D eigenvalue weighted by Crippen LogP contribution is 2.27. The topological polar surface area (TPSA) is 40.5 Å². The van der Waals surface area contributed by atoms with Gasteiger partial charge in [0.2, 0.25) is 0 Å². The fraction of sp³-hybridized carbons (Fsp3) is 0.294. The Morgan fingerprint density at radius 2 is 1.70 bits per heavy atom. The number of phenolic OH excluding ortho intramolecular Hbond substituents is 2. The van der Waals surface area contributed by atoms with Crippen molar-refractivity contribution in [3.63, 3.8) is 0 Å². The van der Waals surface area contributed by atoms with Crippen LogP contribution in [0.1, 0.15) is 29.2 Å². The van der Waals surface area contributed by atoms with Crippen LogP contribution in [-0.2, 0) is 19.3 Å². The number of halogens is 1. The lowest BCUT2D eigenvalue weighted by Crippen LogP contribution is -1.96. The Kier molecular flexibility index (Phi) is 4.91. The van der Waals surface area contributed by atoms with Gasteiger partial charge in [0.15, 0.2) is 0 Å². The second-order valence-corrected chi connectivity index (χ2v) is 6.29. The van der Waals surface area contributed by atoms with Crippen molar-refractivity contribution in [3.8, 4) is 11.5 Å². The van der Waals surface area contributed by atoms with E-state index in [0.717, 1.165) is 39.5 Å². The van der Waals surface area contributed by atoms with Gasteiger partial charge in [-0.05, 0) is 89.2 Å². The summed E-state index contributed by atoms with van der Waals surface area (Å²) in [6.45, 7) is 4.01. The van der Waals surface area contributed by atoms with Crippen molar-refractivity contribution in [2.45, 2.75) is 33.1 Å². The number of benzene rings is 2. The quantitative estimate of drug-likeness (QED) is 0.772. The molecule has 0 aromatic heterocycles. The summed E-state index contributed by atoms with van der Waals surface area (Å²) < 4.78 is 1.12. The summed E-state index contributed by atoms with van der Waals surface area (Å²) in [5, 5.41) is 20.0. The van der Waals surface area contributed by atoms with Crippen LogP contribution in [0.4, 0.5) is 0 Å². The Labute approximate surface area is 133 Å². The normalized spacial score (nSPS) is 10.8. The van der Waals surface area contributed by atoms with Crippen molar-refractivity contribution >= 4 is 22.6 Å². The number of hydrogen-bond acceptors (Lipinski definition) is 2. The standard InChI is InChI=1S/C17H19IO2/c1-3-12-4-7-16(19)13(9-12)5-6-14-10-15(18)8-11(2)17(14)20/h4,7-10,19-20H,3,5-6H2,1-2H3. The zero-order valence-electron chi connectivity index (χ0n) is 11.8. The van der Waals surface area contributed by atoms with Crippen LogP contribution in [0.25, 0.3) is 0 Å². The zero-order valence-corrected chi connectivity index (χ0v) is 13.9. The van der Waals surface area contributed by atoms with E-state index >= 15 is 0 Å². The Morgan fingerprint density at radius 3 is 2.40 bits per heavy atom. The molecular formula is C17H19IO2. The average molecular weight is 382 g/mol. The summed E-state index contributed by atoms with van der Waals surface area (Å²) in [7, 11) is 0. The summed E-state index contributed by atoms with van der Waals surface area (Å²) in [6, 6.07) is 9.73. The van der Waals surface area contributed by atoms with Crippen LogP contribution >= 0.6 is 22.6 Å². The molecule has 2 N–H and O–H groups in total. The number of rotatable bonds is 4. The van der Waals surface area contributed by atoms with Crippen LogP contribution in [0.2, 0.25) is 0 Å². The molecule has 2 nitrogen and oxygen atoms in total. The van der Waals surface area contributed by atoms with E-state index in [-0.39, 0.29) is 0 Å². The van der Waals surface area contributed by atoms with Crippen molar-refractivity contribution in [3.05, 3.63) is 56.2 Å². The number of aromatic hydroxyl groups is 2. The maximum atomic E-state index is 10.1. The molecule has 106 valence electrons. The molecule has 0 heterocycles. The summed E-state index contributed by atoms with van der Waals surface area (Å²) in [5.74, 6) is 0.709. The summed E-state index contributed by atoms with van der Waals surface area (Å²) in [5.41, 5.74) is 4.01. The lowest BCUT2D eigenvalue weighted by Gasteiger charge is -2.10. The van der Waals surface area contributed by atoms with E-state index < -0.39 is 0 Å². The molecule has 0 aliphatic carbocycles. The predicted octanol–water partition coefficient (Wildman–Crippen LogP) is 4.36. The second-order valence-electron chi connectivity index (χ2n) is 5.05. The Morgan fingerprint density at radius 1 is 1.00 bits per heavy atom. The van der Waals surface area contributed by atoms with Gasteiger partial charge >= 0.3 is 0 Å². The lowest BCUT2D eigenvalue weighted by atomic mass is 9.99. The third-order valence-electron chi connectivity index (χ3n) is 3.56. The van der Waals surface area contributed by atoms with Gasteiger partial charge in [-0.1, -0.05) is 19.1 Å². The van der Waals surface area contributed by atoms with Crippen LogP contribution < -0.4 is 0 Å². The minimum absolute atomic E-state index is 0.337. The van der Waals surface area contributed by atoms with Gasteiger partial charge in [0, 0.05) is 3.57 Å². The number of aryl methyl sites for hydroxylation is 4. The monoisotopic (exact) mass is 382 g/mol. The Balaban J connectivity index is 2.21. The molecule has 2 aromatic carbocycles. The van der Waals surface area contributed by atoms with Gasteiger partial charge in [0.1, 0.15) is 11.5 Å². The third-order valence-corrected chi connectivity index (χ3v) is 4.18. The highest BCUT2D eigenvalue weighted by molar-refractivity contribution is 14.1. The van der Waals surface area contributed by atoms with E-state index in [0.29, 0.717) is 11.5 Å². The first-order valence-electron chi connectivity index (χ1n) is 6.80. The highest BCUT2D eigenvalue weighted by Gasteiger charge is 2.08. The number of hydrogen-bond donors (Lipinski definition) is 2. The highest BCUT2D eigenvalue weighted by atomic mass is 127. The first-order chi connectivity index (χ1) is 9.51. The van der Waals surface area contributed by atoms with Gasteiger partial charge in [0.25, 0.3) is 0 Å². The molecule has 0 saturated carbocycles.